The molecule has 1 heterocycles. The second-order valence-corrected chi connectivity index (χ2v) is 5.04. The molecule has 0 aromatic carbocycles. The lowest BCUT2D eigenvalue weighted by molar-refractivity contribution is 0.271. The minimum Gasteiger partial charge on any atom is -0.396 e. The molecule has 0 aliphatic heterocycles. The summed E-state index contributed by atoms with van der Waals surface area (Å²) in [7, 11) is 0. The monoisotopic (exact) mass is 232 g/mol. The Balaban J connectivity index is 2.25. The first-order chi connectivity index (χ1) is 6.86. The molecule has 1 aromatic rings. The summed E-state index contributed by atoms with van der Waals surface area (Å²) in [6.45, 7) is 3.28. The van der Waals surface area contributed by atoms with Crippen LogP contribution in [0.5, 0.6) is 0 Å². The highest BCUT2D eigenvalue weighted by atomic mass is 32.2. The van der Waals surface area contributed by atoms with Gasteiger partial charge in [-0.05, 0) is 13.0 Å². The number of hydrogen-bond donors (Lipinski definition) is 2. The van der Waals surface area contributed by atoms with Gasteiger partial charge in [-0.3, -0.25) is 0 Å². The lowest BCUT2D eigenvalue weighted by atomic mass is 10.2. The Morgan fingerprint density at radius 1 is 1.71 bits per heavy atom. The van der Waals surface area contributed by atoms with Gasteiger partial charge in [-0.25, -0.2) is 4.98 Å². The van der Waals surface area contributed by atoms with Crippen LogP contribution in [0.15, 0.2) is 15.9 Å². The molecule has 0 bridgehead atoms. The van der Waals surface area contributed by atoms with Crippen molar-refractivity contribution < 1.29 is 5.11 Å². The molecule has 0 amide bonds. The molecule has 0 radical (unpaired) electrons. The Bertz CT molecular complexity index is 223. The van der Waals surface area contributed by atoms with E-state index in [-0.39, 0.29) is 6.61 Å². The quantitative estimate of drug-likeness (QED) is 0.701. The van der Waals surface area contributed by atoms with Crippen LogP contribution in [-0.4, -0.2) is 35.0 Å². The molecule has 0 aliphatic rings. The SMILES string of the molecule is CCNC(CCO)CSc1nccs1. The number of aliphatic hydroxyl groups excluding tert-OH is 1. The van der Waals surface area contributed by atoms with Crippen LogP contribution >= 0.6 is 23.1 Å². The predicted octanol–water partition coefficient (Wildman–Crippen LogP) is 1.60. The highest BCUT2D eigenvalue weighted by molar-refractivity contribution is 8.01. The van der Waals surface area contributed by atoms with Gasteiger partial charge in [-0.15, -0.1) is 11.3 Å². The van der Waals surface area contributed by atoms with Crippen molar-refractivity contribution in [3.63, 3.8) is 0 Å². The molecule has 1 rings (SSSR count). The Labute approximate surface area is 92.9 Å². The maximum atomic E-state index is 8.86. The average Bonchev–Trinajstić information content (AvgIpc) is 2.67. The van der Waals surface area contributed by atoms with Crippen LogP contribution in [0.4, 0.5) is 0 Å². The van der Waals surface area contributed by atoms with Crippen molar-refractivity contribution in [3.8, 4) is 0 Å². The maximum absolute atomic E-state index is 8.86. The molecular formula is C9H16N2OS2. The van der Waals surface area contributed by atoms with E-state index in [9.17, 15) is 0 Å². The van der Waals surface area contributed by atoms with Crippen LogP contribution in [0.2, 0.25) is 0 Å². The Morgan fingerprint density at radius 2 is 2.57 bits per heavy atom. The van der Waals surface area contributed by atoms with Crippen molar-refractivity contribution in [2.75, 3.05) is 18.9 Å². The van der Waals surface area contributed by atoms with E-state index in [1.54, 1.807) is 23.1 Å². The van der Waals surface area contributed by atoms with Gasteiger partial charge < -0.3 is 10.4 Å². The van der Waals surface area contributed by atoms with E-state index in [1.165, 1.54) is 0 Å². The summed E-state index contributed by atoms with van der Waals surface area (Å²) in [6.07, 6.45) is 2.63. The topological polar surface area (TPSA) is 45.1 Å². The zero-order valence-electron chi connectivity index (χ0n) is 8.27. The molecule has 2 N–H and O–H groups in total. The number of nitrogens with one attached hydrogen (secondary N) is 1. The molecule has 1 aromatic heterocycles. The fourth-order valence-electron chi connectivity index (χ4n) is 1.14. The molecule has 3 nitrogen and oxygen atoms in total. The number of thiazole rings is 1. The first-order valence-electron chi connectivity index (χ1n) is 4.73. The van der Waals surface area contributed by atoms with E-state index >= 15 is 0 Å². The number of rotatable bonds is 7. The van der Waals surface area contributed by atoms with Crippen LogP contribution in [0.1, 0.15) is 13.3 Å². The number of aliphatic hydroxyl groups is 1. The first kappa shape index (κ1) is 12.0. The van der Waals surface area contributed by atoms with Crippen molar-refractivity contribution in [3.05, 3.63) is 11.6 Å². The number of hydrogen-bond acceptors (Lipinski definition) is 5. The Kier molecular flexibility index (Phi) is 6.18. The van der Waals surface area contributed by atoms with Crippen LogP contribution in [-0.2, 0) is 0 Å². The third-order valence-corrected chi connectivity index (χ3v) is 3.92. The summed E-state index contributed by atoms with van der Waals surface area (Å²) in [5.41, 5.74) is 0. The predicted molar refractivity (Wildman–Crippen MR) is 62.0 cm³/mol. The number of thioether (sulfide) groups is 1. The van der Waals surface area contributed by atoms with E-state index in [4.69, 9.17) is 5.11 Å². The summed E-state index contributed by atoms with van der Waals surface area (Å²) >= 11 is 3.41. The highest BCUT2D eigenvalue weighted by Crippen LogP contribution is 2.21. The lowest BCUT2D eigenvalue weighted by Gasteiger charge is -2.14. The van der Waals surface area contributed by atoms with Crippen molar-refractivity contribution in [1.82, 2.24) is 10.3 Å². The summed E-state index contributed by atoms with van der Waals surface area (Å²) < 4.78 is 1.10. The number of nitrogens with zero attached hydrogens (tertiary/aromatic N) is 1. The average molecular weight is 232 g/mol. The van der Waals surface area contributed by atoms with Crippen molar-refractivity contribution >= 4 is 23.1 Å². The molecule has 1 atom stereocenters. The smallest absolute Gasteiger partial charge is 0.149 e. The molecule has 5 heteroatoms. The minimum atomic E-state index is 0.246. The van der Waals surface area contributed by atoms with Crippen LogP contribution < -0.4 is 5.32 Å². The van der Waals surface area contributed by atoms with Crippen LogP contribution in [0, 0.1) is 0 Å². The van der Waals surface area contributed by atoms with Gasteiger partial charge in [0.2, 0.25) is 0 Å². The van der Waals surface area contributed by atoms with Crippen LogP contribution in [0.25, 0.3) is 0 Å². The zero-order valence-corrected chi connectivity index (χ0v) is 9.90. The molecule has 1 unspecified atom stereocenters. The normalized spacial score (nSPS) is 13.0. The molecule has 0 aliphatic carbocycles. The van der Waals surface area contributed by atoms with Gasteiger partial charge >= 0.3 is 0 Å². The fraction of sp³-hybridized carbons (Fsp3) is 0.667. The van der Waals surface area contributed by atoms with Crippen molar-refractivity contribution in [2.45, 2.75) is 23.7 Å². The van der Waals surface area contributed by atoms with E-state index < -0.39 is 0 Å². The van der Waals surface area contributed by atoms with Gasteiger partial charge in [0.05, 0.1) is 0 Å². The largest absolute Gasteiger partial charge is 0.396 e. The summed E-state index contributed by atoms with van der Waals surface area (Å²) in [6, 6.07) is 0.388. The van der Waals surface area contributed by atoms with Gasteiger partial charge in [-0.2, -0.15) is 0 Å². The van der Waals surface area contributed by atoms with Gasteiger partial charge in [0.25, 0.3) is 0 Å². The number of aromatic nitrogens is 1. The Morgan fingerprint density at radius 3 is 3.14 bits per heavy atom. The van der Waals surface area contributed by atoms with Crippen molar-refractivity contribution in [1.29, 1.82) is 0 Å². The molecule has 0 saturated carbocycles. The second-order valence-electron chi connectivity index (χ2n) is 2.88. The molecular weight excluding hydrogens is 216 g/mol. The lowest BCUT2D eigenvalue weighted by Crippen LogP contribution is -2.31. The fourth-order valence-corrected chi connectivity index (χ4v) is 2.91. The van der Waals surface area contributed by atoms with Gasteiger partial charge in [0.1, 0.15) is 4.34 Å². The summed E-state index contributed by atoms with van der Waals surface area (Å²) in [4.78, 5) is 4.20. The highest BCUT2D eigenvalue weighted by Gasteiger charge is 2.07. The summed E-state index contributed by atoms with van der Waals surface area (Å²) in [5.74, 6) is 0.974. The Hall–Kier alpha value is -0.100. The molecule has 0 spiro atoms. The standard InChI is InChI=1S/C9H16N2OS2/c1-2-10-8(3-5-12)7-14-9-11-4-6-13-9/h4,6,8,10,12H,2-3,5,7H2,1H3. The van der Waals surface area contributed by atoms with Crippen molar-refractivity contribution in [2.24, 2.45) is 0 Å². The third-order valence-electron chi connectivity index (χ3n) is 1.79. The summed E-state index contributed by atoms with van der Waals surface area (Å²) in [5, 5.41) is 14.2. The first-order valence-corrected chi connectivity index (χ1v) is 6.60. The third kappa shape index (κ3) is 4.41. The van der Waals surface area contributed by atoms with Crippen LogP contribution in [0.3, 0.4) is 0 Å². The van der Waals surface area contributed by atoms with E-state index in [0.29, 0.717) is 6.04 Å². The van der Waals surface area contributed by atoms with Gasteiger partial charge in [0, 0.05) is 30.0 Å². The van der Waals surface area contributed by atoms with E-state index in [1.807, 2.05) is 11.6 Å². The molecule has 80 valence electrons. The molecule has 14 heavy (non-hydrogen) atoms. The zero-order chi connectivity index (χ0) is 10.2. The molecule has 0 fully saturated rings. The second kappa shape index (κ2) is 7.23. The van der Waals surface area contributed by atoms with E-state index in [2.05, 4.69) is 17.2 Å². The van der Waals surface area contributed by atoms with Gasteiger partial charge in [-0.1, -0.05) is 18.7 Å². The minimum absolute atomic E-state index is 0.246. The molecule has 0 saturated heterocycles. The maximum Gasteiger partial charge on any atom is 0.149 e. The van der Waals surface area contributed by atoms with Gasteiger partial charge in [0.15, 0.2) is 0 Å². The van der Waals surface area contributed by atoms with E-state index in [0.717, 1.165) is 23.1 Å².